The summed E-state index contributed by atoms with van der Waals surface area (Å²) >= 11 is 5.65. The molecule has 2 aromatic rings. The molecule has 3 rings (SSSR count). The molecular formula is C22H20ClNO3. The zero-order valence-corrected chi connectivity index (χ0v) is 15.9. The molecule has 1 saturated carbocycles. The third kappa shape index (κ3) is 4.15. The van der Waals surface area contributed by atoms with Gasteiger partial charge in [-0.3, -0.25) is 4.79 Å². The van der Waals surface area contributed by atoms with Crippen LogP contribution in [0.1, 0.15) is 25.5 Å². The molecule has 0 radical (unpaired) electrons. The number of esters is 1. The quantitative estimate of drug-likeness (QED) is 0.610. The maximum Gasteiger partial charge on any atom is 0.311 e. The molecule has 0 aromatic heterocycles. The normalized spacial score (nSPS) is 21.3. The first kappa shape index (κ1) is 19.0. The second kappa shape index (κ2) is 7.85. The molecule has 2 aromatic carbocycles. The van der Waals surface area contributed by atoms with E-state index in [0.29, 0.717) is 17.1 Å². The molecule has 0 N–H and O–H groups in total. The van der Waals surface area contributed by atoms with Gasteiger partial charge in [0.15, 0.2) is 0 Å². The summed E-state index contributed by atoms with van der Waals surface area (Å²) in [5.41, 5.74) is 1.77. The number of para-hydroxylation sites is 1. The van der Waals surface area contributed by atoms with Crippen LogP contribution in [0.5, 0.6) is 11.5 Å². The highest BCUT2D eigenvalue weighted by molar-refractivity contribution is 6.25. The fraction of sp³-hybridized carbons (Fsp3) is 0.273. The molecule has 0 heterocycles. The fourth-order valence-electron chi connectivity index (χ4n) is 3.29. The Bertz CT molecular complexity index is 886. The van der Waals surface area contributed by atoms with E-state index in [-0.39, 0.29) is 23.2 Å². The van der Waals surface area contributed by atoms with Gasteiger partial charge in [0.05, 0.1) is 5.92 Å². The van der Waals surface area contributed by atoms with E-state index in [2.05, 4.69) is 6.07 Å². The molecule has 1 fully saturated rings. The molecule has 0 bridgehead atoms. The molecule has 0 saturated heterocycles. The maximum absolute atomic E-state index is 12.5. The Kier molecular flexibility index (Phi) is 5.53. The van der Waals surface area contributed by atoms with Crippen LogP contribution < -0.4 is 4.74 Å². The van der Waals surface area contributed by atoms with Crippen LogP contribution in [0, 0.1) is 28.6 Å². The van der Waals surface area contributed by atoms with E-state index in [1.54, 1.807) is 30.3 Å². The average Bonchev–Trinajstić information content (AvgIpc) is 3.21. The minimum absolute atomic E-state index is 0.0228. The van der Waals surface area contributed by atoms with Gasteiger partial charge in [0.1, 0.15) is 17.6 Å². The van der Waals surface area contributed by atoms with Crippen LogP contribution in [-0.4, -0.2) is 5.97 Å². The van der Waals surface area contributed by atoms with E-state index >= 15 is 0 Å². The number of ether oxygens (including phenoxy) is 2. The van der Waals surface area contributed by atoms with Crippen molar-refractivity contribution in [3.8, 4) is 17.6 Å². The van der Waals surface area contributed by atoms with Crippen LogP contribution >= 0.6 is 11.6 Å². The zero-order valence-electron chi connectivity index (χ0n) is 15.1. The van der Waals surface area contributed by atoms with Gasteiger partial charge in [0, 0.05) is 11.1 Å². The summed E-state index contributed by atoms with van der Waals surface area (Å²) in [6.45, 7) is 3.96. The van der Waals surface area contributed by atoms with E-state index in [4.69, 9.17) is 21.1 Å². The van der Waals surface area contributed by atoms with Gasteiger partial charge in [0.25, 0.3) is 0 Å². The predicted molar refractivity (Wildman–Crippen MR) is 103 cm³/mol. The largest absolute Gasteiger partial charge is 0.457 e. The smallest absolute Gasteiger partial charge is 0.311 e. The summed E-state index contributed by atoms with van der Waals surface area (Å²) in [7, 11) is 0. The Balaban J connectivity index is 1.72. The van der Waals surface area contributed by atoms with Crippen molar-refractivity contribution < 1.29 is 14.3 Å². The highest BCUT2D eigenvalue weighted by Gasteiger charge is 2.61. The van der Waals surface area contributed by atoms with E-state index < -0.39 is 6.10 Å². The Morgan fingerprint density at radius 2 is 1.89 bits per heavy atom. The summed E-state index contributed by atoms with van der Waals surface area (Å²) in [5, 5.41) is 9.51. The molecule has 5 heteroatoms. The number of carbonyl (C=O) groups is 1. The molecule has 4 nitrogen and oxygen atoms in total. The lowest BCUT2D eigenvalue weighted by Crippen LogP contribution is -2.14. The minimum Gasteiger partial charge on any atom is -0.457 e. The predicted octanol–water partition coefficient (Wildman–Crippen LogP) is 5.61. The second-order valence-corrected chi connectivity index (χ2v) is 7.33. The van der Waals surface area contributed by atoms with Crippen molar-refractivity contribution >= 4 is 17.6 Å². The molecule has 0 spiro atoms. The molecule has 1 unspecified atom stereocenters. The third-order valence-electron chi connectivity index (χ3n) is 4.94. The summed E-state index contributed by atoms with van der Waals surface area (Å²) in [6.07, 6.45) is 0.803. The van der Waals surface area contributed by atoms with Crippen molar-refractivity contribution in [1.29, 1.82) is 5.26 Å². The molecular weight excluding hydrogens is 362 g/mol. The first-order valence-corrected chi connectivity index (χ1v) is 9.11. The summed E-state index contributed by atoms with van der Waals surface area (Å²) in [6, 6.07) is 18.4. The topological polar surface area (TPSA) is 59.3 Å². The molecule has 0 aliphatic heterocycles. The van der Waals surface area contributed by atoms with Crippen molar-refractivity contribution in [3.05, 3.63) is 71.8 Å². The van der Waals surface area contributed by atoms with Crippen molar-refractivity contribution in [1.82, 2.24) is 0 Å². The molecule has 1 aliphatic carbocycles. The van der Waals surface area contributed by atoms with Gasteiger partial charge in [-0.2, -0.15) is 5.26 Å². The van der Waals surface area contributed by atoms with Gasteiger partial charge in [-0.1, -0.05) is 61.9 Å². The van der Waals surface area contributed by atoms with Crippen molar-refractivity contribution in [2.45, 2.75) is 20.0 Å². The SMILES string of the molecule is CC1(C)[C@H](/C=C/Cl)[C@@H]1C(=O)OC(C#N)c1cccc(Oc2ccccc2)c1. The first-order chi connectivity index (χ1) is 13.0. The number of hydrogen-bond donors (Lipinski definition) is 0. The van der Waals surface area contributed by atoms with Crippen molar-refractivity contribution in [3.63, 3.8) is 0 Å². The van der Waals surface area contributed by atoms with E-state index in [1.807, 2.05) is 44.2 Å². The minimum atomic E-state index is -0.992. The molecule has 0 amide bonds. The number of nitrogens with zero attached hydrogens (tertiary/aromatic N) is 1. The first-order valence-electron chi connectivity index (χ1n) is 8.67. The van der Waals surface area contributed by atoms with Crippen molar-refractivity contribution in [2.75, 3.05) is 0 Å². The number of nitriles is 1. The van der Waals surface area contributed by atoms with Gasteiger partial charge in [0.2, 0.25) is 6.10 Å². The van der Waals surface area contributed by atoms with E-state index in [9.17, 15) is 10.1 Å². The summed E-state index contributed by atoms with van der Waals surface area (Å²) < 4.78 is 11.3. The highest BCUT2D eigenvalue weighted by atomic mass is 35.5. The van der Waals surface area contributed by atoms with Gasteiger partial charge in [-0.15, -0.1) is 0 Å². The van der Waals surface area contributed by atoms with Gasteiger partial charge < -0.3 is 9.47 Å². The number of allylic oxidation sites excluding steroid dienone is 1. The third-order valence-corrected chi connectivity index (χ3v) is 5.08. The number of halogens is 1. The summed E-state index contributed by atoms with van der Waals surface area (Å²) in [4.78, 5) is 12.5. The van der Waals surface area contributed by atoms with Crippen LogP contribution in [0.3, 0.4) is 0 Å². The number of hydrogen-bond acceptors (Lipinski definition) is 4. The Labute approximate surface area is 164 Å². The lowest BCUT2D eigenvalue weighted by Gasteiger charge is -2.13. The zero-order chi connectivity index (χ0) is 19.4. The number of rotatable bonds is 6. The molecule has 138 valence electrons. The highest BCUT2D eigenvalue weighted by Crippen LogP contribution is 2.59. The lowest BCUT2D eigenvalue weighted by molar-refractivity contribution is -0.149. The van der Waals surface area contributed by atoms with Gasteiger partial charge >= 0.3 is 5.97 Å². The van der Waals surface area contributed by atoms with Crippen LogP contribution in [0.25, 0.3) is 0 Å². The number of carbonyl (C=O) groups excluding carboxylic acids is 1. The second-order valence-electron chi connectivity index (χ2n) is 7.08. The van der Waals surface area contributed by atoms with Gasteiger partial charge in [-0.05, 0) is 35.6 Å². The Morgan fingerprint density at radius 1 is 1.19 bits per heavy atom. The van der Waals surface area contributed by atoms with Crippen LogP contribution in [0.4, 0.5) is 0 Å². The van der Waals surface area contributed by atoms with Crippen molar-refractivity contribution in [2.24, 2.45) is 17.3 Å². The van der Waals surface area contributed by atoms with Crippen LogP contribution in [0.2, 0.25) is 0 Å². The Hall–Kier alpha value is -2.77. The van der Waals surface area contributed by atoms with Crippen LogP contribution in [0.15, 0.2) is 66.2 Å². The van der Waals surface area contributed by atoms with Gasteiger partial charge in [-0.25, -0.2) is 0 Å². The van der Waals surface area contributed by atoms with E-state index in [1.165, 1.54) is 5.54 Å². The lowest BCUT2D eigenvalue weighted by atomic mass is 10.1. The fourth-order valence-corrected chi connectivity index (χ4v) is 3.45. The van der Waals surface area contributed by atoms with Crippen LogP contribution in [-0.2, 0) is 9.53 Å². The Morgan fingerprint density at radius 3 is 2.56 bits per heavy atom. The molecule has 27 heavy (non-hydrogen) atoms. The molecule has 3 atom stereocenters. The summed E-state index contributed by atoms with van der Waals surface area (Å²) in [5.74, 6) is 0.600. The van der Waals surface area contributed by atoms with E-state index in [0.717, 1.165) is 0 Å². The average molecular weight is 382 g/mol. The number of benzene rings is 2. The monoisotopic (exact) mass is 381 g/mol. The standard InChI is InChI=1S/C22H20ClNO3/c1-22(2)18(11-12-23)20(22)21(25)27-19(14-24)15-7-6-10-17(13-15)26-16-8-4-3-5-9-16/h3-13,18-20H,1-2H3/b12-11+/t18-,19?,20-/m1/s1. The molecule has 1 aliphatic rings. The maximum atomic E-state index is 12.5.